The van der Waals surface area contributed by atoms with Gasteiger partial charge in [-0.1, -0.05) is 25.0 Å². The Morgan fingerprint density at radius 2 is 1.90 bits per heavy atom. The minimum absolute atomic E-state index is 0.233. The van der Waals surface area contributed by atoms with Crippen LogP contribution in [0.5, 0.6) is 0 Å². The number of aromatic amines is 1. The minimum Gasteiger partial charge on any atom is -0.384 e. The molecule has 0 saturated carbocycles. The van der Waals surface area contributed by atoms with Crippen molar-refractivity contribution in [2.45, 2.75) is 44.4 Å². The Hall–Kier alpha value is -1.56. The maximum absolute atomic E-state index is 12.1. The van der Waals surface area contributed by atoms with Gasteiger partial charge in [0.15, 0.2) is 0 Å². The summed E-state index contributed by atoms with van der Waals surface area (Å²) in [7, 11) is 0. The lowest BCUT2D eigenvalue weighted by Crippen LogP contribution is -2.28. The zero-order chi connectivity index (χ0) is 14.6. The highest BCUT2D eigenvalue weighted by atomic mass is 19.4. The summed E-state index contributed by atoms with van der Waals surface area (Å²) in [6, 6.07) is 7.68. The van der Waals surface area contributed by atoms with Crippen molar-refractivity contribution in [3.8, 4) is 0 Å². The number of nitrogens with zero attached hydrogens (tertiary/aromatic N) is 1. The average Bonchev–Trinajstić information content (AvgIpc) is 2.79. The van der Waals surface area contributed by atoms with E-state index in [9.17, 15) is 13.2 Å². The van der Waals surface area contributed by atoms with E-state index in [-0.39, 0.29) is 6.42 Å². The Labute approximate surface area is 114 Å². The monoisotopic (exact) mass is 286 g/mol. The van der Waals surface area contributed by atoms with Gasteiger partial charge in [-0.05, 0) is 25.0 Å². The molecule has 1 heterocycles. The first-order chi connectivity index (χ1) is 9.47. The van der Waals surface area contributed by atoms with E-state index >= 15 is 0 Å². The maximum atomic E-state index is 12.1. The summed E-state index contributed by atoms with van der Waals surface area (Å²) in [5.41, 5.74) is 1.87. The third kappa shape index (κ3) is 3.96. The molecule has 1 aromatic carbocycles. The molecule has 2 N–H and O–H groups in total. The van der Waals surface area contributed by atoms with Crippen LogP contribution in [0.3, 0.4) is 0 Å². The normalized spacial score (nSPS) is 13.8. The zero-order valence-electron chi connectivity index (χ0n) is 11.0. The van der Waals surface area contributed by atoms with Gasteiger partial charge in [-0.3, -0.25) is 0 Å². The molecule has 0 saturated heterocycles. The third-order valence-electron chi connectivity index (χ3n) is 3.21. The van der Waals surface area contributed by atoms with Crippen LogP contribution in [0.4, 0.5) is 13.2 Å². The summed E-state index contributed by atoms with van der Waals surface area (Å²) >= 11 is 0. The van der Waals surface area contributed by atoms with Gasteiger partial charge in [0.05, 0.1) is 11.0 Å². The minimum atomic E-state index is -4.50. The van der Waals surface area contributed by atoms with E-state index < -0.39 is 12.3 Å². The van der Waals surface area contributed by atoms with Gasteiger partial charge in [0.1, 0.15) is 11.9 Å². The van der Waals surface area contributed by atoms with Crippen molar-refractivity contribution < 1.29 is 18.3 Å². The second-order valence-electron chi connectivity index (χ2n) is 4.86. The van der Waals surface area contributed by atoms with Gasteiger partial charge < -0.3 is 10.1 Å². The predicted molar refractivity (Wildman–Crippen MR) is 70.3 cm³/mol. The molecule has 0 radical (unpaired) electrons. The molecular formula is C14H17F3N2O. The fraction of sp³-hybridized carbons (Fsp3) is 0.500. The molecule has 1 atom stereocenters. The lowest BCUT2D eigenvalue weighted by Gasteiger charge is -2.13. The topological polar surface area (TPSA) is 48.9 Å². The number of hydrogen-bond donors (Lipinski definition) is 2. The smallest absolute Gasteiger partial charge is 0.384 e. The van der Waals surface area contributed by atoms with E-state index in [1.54, 1.807) is 0 Å². The number of alkyl halides is 3. The number of aromatic nitrogens is 2. The Kier molecular flexibility index (Phi) is 4.65. The maximum Gasteiger partial charge on any atom is 0.414 e. The average molecular weight is 286 g/mol. The molecular weight excluding hydrogens is 269 g/mol. The molecule has 110 valence electrons. The summed E-state index contributed by atoms with van der Waals surface area (Å²) in [6.07, 6.45) is -4.47. The number of para-hydroxylation sites is 2. The van der Waals surface area contributed by atoms with Crippen molar-refractivity contribution in [2.24, 2.45) is 0 Å². The van der Waals surface area contributed by atoms with Crippen LogP contribution in [0.1, 0.15) is 31.5 Å². The van der Waals surface area contributed by atoms with E-state index in [4.69, 9.17) is 5.11 Å². The highest BCUT2D eigenvalue weighted by molar-refractivity contribution is 5.74. The van der Waals surface area contributed by atoms with Crippen LogP contribution in [0, 0.1) is 0 Å². The molecule has 0 spiro atoms. The summed E-state index contributed by atoms with van der Waals surface area (Å²) in [6.45, 7) is 0. The van der Waals surface area contributed by atoms with Crippen molar-refractivity contribution in [3.05, 3.63) is 30.1 Å². The lowest BCUT2D eigenvalue weighted by atomic mass is 10.1. The van der Waals surface area contributed by atoms with Crippen LogP contribution in [0.2, 0.25) is 0 Å². The summed E-state index contributed by atoms with van der Waals surface area (Å²) in [5, 5.41) is 8.85. The fourth-order valence-corrected chi connectivity index (χ4v) is 2.09. The van der Waals surface area contributed by atoms with Crippen molar-refractivity contribution in [1.82, 2.24) is 9.97 Å². The second kappa shape index (κ2) is 6.26. The molecule has 3 nitrogen and oxygen atoms in total. The van der Waals surface area contributed by atoms with Crippen LogP contribution >= 0.6 is 0 Å². The molecule has 1 unspecified atom stereocenters. The number of fused-ring (bicyclic) bond motifs is 1. The number of aryl methyl sites for hydroxylation is 1. The van der Waals surface area contributed by atoms with Gasteiger partial charge in [0, 0.05) is 6.42 Å². The Bertz CT molecular complexity index is 518. The van der Waals surface area contributed by atoms with E-state index in [2.05, 4.69) is 9.97 Å². The lowest BCUT2D eigenvalue weighted by molar-refractivity contribution is -0.205. The van der Waals surface area contributed by atoms with E-state index in [0.717, 1.165) is 23.3 Å². The highest BCUT2D eigenvalue weighted by Crippen LogP contribution is 2.24. The molecule has 6 heteroatoms. The first-order valence-corrected chi connectivity index (χ1v) is 6.65. The van der Waals surface area contributed by atoms with Gasteiger partial charge in [-0.2, -0.15) is 13.2 Å². The molecule has 0 aliphatic heterocycles. The van der Waals surface area contributed by atoms with Gasteiger partial charge in [0.2, 0.25) is 0 Å². The van der Waals surface area contributed by atoms with Gasteiger partial charge >= 0.3 is 6.18 Å². The first-order valence-electron chi connectivity index (χ1n) is 6.65. The number of benzene rings is 1. The quantitative estimate of drug-likeness (QED) is 0.797. The molecule has 2 aromatic rings. The predicted octanol–water partition coefficient (Wildman–Crippen LogP) is 3.59. The summed E-state index contributed by atoms with van der Waals surface area (Å²) in [5.74, 6) is 0.850. The number of hydrogen-bond acceptors (Lipinski definition) is 2. The van der Waals surface area contributed by atoms with E-state index in [1.165, 1.54) is 0 Å². The number of aliphatic hydroxyl groups excluding tert-OH is 1. The molecule has 0 bridgehead atoms. The molecule has 1 aromatic heterocycles. The van der Waals surface area contributed by atoms with Crippen LogP contribution in [-0.2, 0) is 6.42 Å². The molecule has 0 aliphatic carbocycles. The number of rotatable bonds is 6. The van der Waals surface area contributed by atoms with Gasteiger partial charge in [0.25, 0.3) is 0 Å². The Balaban J connectivity index is 1.71. The SMILES string of the molecule is OC(CCCCCc1nc2ccccc2[nH]1)C(F)(F)F. The number of unbranched alkanes of at least 4 members (excludes halogenated alkanes) is 2. The third-order valence-corrected chi connectivity index (χ3v) is 3.21. The van der Waals surface area contributed by atoms with Crippen LogP contribution < -0.4 is 0 Å². The molecule has 0 fully saturated rings. The van der Waals surface area contributed by atoms with Crippen LogP contribution in [-0.4, -0.2) is 27.4 Å². The van der Waals surface area contributed by atoms with Crippen molar-refractivity contribution in [1.29, 1.82) is 0 Å². The summed E-state index contributed by atoms with van der Waals surface area (Å²) in [4.78, 5) is 7.58. The van der Waals surface area contributed by atoms with Crippen LogP contribution in [0.25, 0.3) is 11.0 Å². The van der Waals surface area contributed by atoms with Crippen LogP contribution in [0.15, 0.2) is 24.3 Å². The van der Waals surface area contributed by atoms with Gasteiger partial charge in [-0.15, -0.1) is 0 Å². The molecule has 2 rings (SSSR count). The molecule has 0 aliphatic rings. The van der Waals surface area contributed by atoms with E-state index in [0.29, 0.717) is 19.3 Å². The second-order valence-corrected chi connectivity index (χ2v) is 4.86. The molecule has 0 amide bonds. The van der Waals surface area contributed by atoms with Crippen molar-refractivity contribution >= 4 is 11.0 Å². The van der Waals surface area contributed by atoms with Gasteiger partial charge in [-0.25, -0.2) is 4.98 Å². The van der Waals surface area contributed by atoms with Crippen molar-refractivity contribution in [2.75, 3.05) is 0 Å². The Morgan fingerprint density at radius 1 is 1.15 bits per heavy atom. The molecule has 20 heavy (non-hydrogen) atoms. The standard InChI is InChI=1S/C14H17F3N2O/c15-14(16,17)12(20)8-2-1-3-9-13-18-10-6-4-5-7-11(10)19-13/h4-7,12,20H,1-3,8-9H2,(H,18,19). The van der Waals surface area contributed by atoms with Crippen molar-refractivity contribution in [3.63, 3.8) is 0 Å². The first kappa shape index (κ1) is 14.8. The number of halogens is 3. The Morgan fingerprint density at radius 3 is 2.60 bits per heavy atom. The number of imidazole rings is 1. The zero-order valence-corrected chi connectivity index (χ0v) is 11.0. The number of aliphatic hydroxyl groups is 1. The number of H-pyrrole nitrogens is 1. The largest absolute Gasteiger partial charge is 0.414 e. The number of nitrogens with one attached hydrogen (secondary N) is 1. The summed E-state index contributed by atoms with van der Waals surface area (Å²) < 4.78 is 36.2. The van der Waals surface area contributed by atoms with E-state index in [1.807, 2.05) is 24.3 Å². The highest BCUT2D eigenvalue weighted by Gasteiger charge is 2.37. The fourth-order valence-electron chi connectivity index (χ4n) is 2.09.